The van der Waals surface area contributed by atoms with E-state index in [1.807, 2.05) is 24.4 Å². The Kier molecular flexibility index (Phi) is 3.54. The van der Waals surface area contributed by atoms with Gasteiger partial charge in [0.15, 0.2) is 0 Å². The van der Waals surface area contributed by atoms with E-state index >= 15 is 0 Å². The summed E-state index contributed by atoms with van der Waals surface area (Å²) in [5, 5.41) is 3.70. The molecule has 0 unspecified atom stereocenters. The molecule has 0 saturated carbocycles. The van der Waals surface area contributed by atoms with Gasteiger partial charge in [0.1, 0.15) is 0 Å². The van der Waals surface area contributed by atoms with Crippen molar-refractivity contribution in [3.05, 3.63) is 54.7 Å². The number of nitrogens with zero attached hydrogens (tertiary/aromatic N) is 1. The summed E-state index contributed by atoms with van der Waals surface area (Å²) in [5.41, 5.74) is 1.06. The van der Waals surface area contributed by atoms with E-state index in [2.05, 4.69) is 35.3 Å². The first kappa shape index (κ1) is 11.2. The molecule has 0 saturated heterocycles. The van der Waals surface area contributed by atoms with Crippen LogP contribution in [0.2, 0.25) is 0 Å². The van der Waals surface area contributed by atoms with Gasteiger partial charge >= 0.3 is 51.4 Å². The van der Waals surface area contributed by atoms with E-state index < -0.39 is 0 Å². The number of fused-ring (bicyclic) bond motifs is 3. The van der Waals surface area contributed by atoms with E-state index in [4.69, 9.17) is 0 Å². The van der Waals surface area contributed by atoms with Crippen LogP contribution in [0.15, 0.2) is 54.7 Å². The second-order valence-corrected chi connectivity index (χ2v) is 3.36. The van der Waals surface area contributed by atoms with Crippen molar-refractivity contribution >= 4 is 21.7 Å². The maximum absolute atomic E-state index is 4.41. The SMILES string of the molecule is [H-].[K+].c1ccc2c(c1)cnc1ccccc12. The van der Waals surface area contributed by atoms with Gasteiger partial charge in [-0.25, -0.2) is 0 Å². The van der Waals surface area contributed by atoms with Crippen LogP contribution >= 0.6 is 0 Å². The Labute approximate surface area is 132 Å². The summed E-state index contributed by atoms with van der Waals surface area (Å²) in [6.45, 7) is 0. The Morgan fingerprint density at radius 2 is 1.47 bits per heavy atom. The van der Waals surface area contributed by atoms with Crippen molar-refractivity contribution in [1.82, 2.24) is 4.98 Å². The molecule has 0 radical (unpaired) electrons. The van der Waals surface area contributed by atoms with Gasteiger partial charge < -0.3 is 1.43 Å². The molecule has 1 aromatic heterocycles. The zero-order chi connectivity index (χ0) is 9.38. The first-order valence-corrected chi connectivity index (χ1v) is 4.68. The predicted molar refractivity (Wildman–Crippen MR) is 60.4 cm³/mol. The summed E-state index contributed by atoms with van der Waals surface area (Å²) in [7, 11) is 0. The number of pyridine rings is 1. The van der Waals surface area contributed by atoms with E-state index in [0.717, 1.165) is 5.52 Å². The van der Waals surface area contributed by atoms with Crippen LogP contribution in [0.5, 0.6) is 0 Å². The maximum atomic E-state index is 4.41. The van der Waals surface area contributed by atoms with E-state index in [-0.39, 0.29) is 52.8 Å². The van der Waals surface area contributed by atoms with Crippen molar-refractivity contribution in [3.63, 3.8) is 0 Å². The minimum Gasteiger partial charge on any atom is -1.00 e. The third kappa shape index (κ3) is 2.01. The van der Waals surface area contributed by atoms with E-state index in [9.17, 15) is 0 Å². The van der Waals surface area contributed by atoms with Crippen molar-refractivity contribution in [2.24, 2.45) is 0 Å². The number of hydrogen-bond acceptors (Lipinski definition) is 1. The molecule has 3 aromatic rings. The monoisotopic (exact) mass is 219 g/mol. The summed E-state index contributed by atoms with van der Waals surface area (Å²) in [6.07, 6.45) is 1.93. The molecule has 2 aromatic carbocycles. The number of rotatable bonds is 0. The minimum atomic E-state index is 0. The van der Waals surface area contributed by atoms with Crippen LogP contribution in [0.1, 0.15) is 1.43 Å². The molecule has 0 amide bonds. The molecule has 1 nitrogen and oxygen atoms in total. The first-order valence-electron chi connectivity index (χ1n) is 4.68. The molecule has 0 aliphatic rings. The molecule has 0 aliphatic carbocycles. The molecule has 0 bridgehead atoms. The Bertz CT molecular complexity index is 555. The number of para-hydroxylation sites is 1. The molecule has 2 heteroatoms. The van der Waals surface area contributed by atoms with E-state index in [1.54, 1.807) is 0 Å². The van der Waals surface area contributed by atoms with Crippen LogP contribution in [0.25, 0.3) is 21.7 Å². The van der Waals surface area contributed by atoms with Gasteiger partial charge in [0, 0.05) is 17.0 Å². The van der Waals surface area contributed by atoms with Crippen LogP contribution < -0.4 is 51.4 Å². The third-order valence-electron chi connectivity index (χ3n) is 2.50. The predicted octanol–water partition coefficient (Wildman–Crippen LogP) is 0.504. The van der Waals surface area contributed by atoms with Gasteiger partial charge in [0.25, 0.3) is 0 Å². The average molecular weight is 219 g/mol. The van der Waals surface area contributed by atoms with Crippen LogP contribution in [0.3, 0.4) is 0 Å². The zero-order valence-electron chi connectivity index (χ0n) is 9.64. The molecule has 3 rings (SSSR count). The number of aromatic nitrogens is 1. The van der Waals surface area contributed by atoms with Crippen molar-refractivity contribution in [1.29, 1.82) is 0 Å². The molecule has 0 aliphatic heterocycles. The van der Waals surface area contributed by atoms with Gasteiger partial charge in [-0.2, -0.15) is 0 Å². The minimum absolute atomic E-state index is 0. The summed E-state index contributed by atoms with van der Waals surface area (Å²) in [6, 6.07) is 16.6. The number of hydrogen-bond donors (Lipinski definition) is 0. The Hall–Kier alpha value is -0.254. The van der Waals surface area contributed by atoms with Gasteiger partial charge in [-0.15, -0.1) is 0 Å². The van der Waals surface area contributed by atoms with Crippen molar-refractivity contribution in [3.8, 4) is 0 Å². The van der Waals surface area contributed by atoms with Gasteiger partial charge in [-0.1, -0.05) is 42.5 Å². The van der Waals surface area contributed by atoms with Crippen LogP contribution in [0, 0.1) is 0 Å². The van der Waals surface area contributed by atoms with E-state index in [0.29, 0.717) is 0 Å². The second kappa shape index (κ2) is 4.72. The van der Waals surface area contributed by atoms with Crippen LogP contribution in [-0.2, 0) is 0 Å². The smallest absolute Gasteiger partial charge is 1.00 e. The molecule has 68 valence electrons. The molecule has 0 atom stereocenters. The van der Waals surface area contributed by atoms with Crippen molar-refractivity contribution in [2.45, 2.75) is 0 Å². The standard InChI is InChI=1S/C13H9N.K.H/c1-2-6-11-10(5-1)9-14-13-8-4-3-7-12(11)13;;/h1-9H;;/q;+1;-1. The van der Waals surface area contributed by atoms with E-state index in [1.165, 1.54) is 16.2 Å². The molecule has 15 heavy (non-hydrogen) atoms. The van der Waals surface area contributed by atoms with Gasteiger partial charge in [-0.3, -0.25) is 4.98 Å². The largest absolute Gasteiger partial charge is 1.00 e. The topological polar surface area (TPSA) is 12.9 Å². The average Bonchev–Trinajstić information content (AvgIpc) is 2.29. The van der Waals surface area contributed by atoms with Crippen molar-refractivity contribution < 1.29 is 52.8 Å². The molecule has 0 spiro atoms. The summed E-state index contributed by atoms with van der Waals surface area (Å²) in [4.78, 5) is 4.41. The summed E-state index contributed by atoms with van der Waals surface area (Å²) in [5.74, 6) is 0. The normalized spacial score (nSPS) is 10.1. The summed E-state index contributed by atoms with van der Waals surface area (Å²) >= 11 is 0. The van der Waals surface area contributed by atoms with Gasteiger partial charge in [0.2, 0.25) is 0 Å². The molecular formula is C13H10KN. The fourth-order valence-corrected chi connectivity index (χ4v) is 1.81. The maximum Gasteiger partial charge on any atom is 1.00 e. The van der Waals surface area contributed by atoms with Crippen molar-refractivity contribution in [2.75, 3.05) is 0 Å². The third-order valence-corrected chi connectivity index (χ3v) is 2.50. The fourth-order valence-electron chi connectivity index (χ4n) is 1.81. The Balaban J connectivity index is 0.000000640. The second-order valence-electron chi connectivity index (χ2n) is 3.36. The molecule has 0 fully saturated rings. The Morgan fingerprint density at radius 1 is 0.800 bits per heavy atom. The molecular weight excluding hydrogens is 209 g/mol. The quantitative estimate of drug-likeness (QED) is 0.396. The zero-order valence-corrected chi connectivity index (χ0v) is 11.8. The fraction of sp³-hybridized carbons (Fsp3) is 0. The summed E-state index contributed by atoms with van der Waals surface area (Å²) < 4.78 is 0. The molecule has 1 heterocycles. The first-order chi connectivity index (χ1) is 6.95. The number of benzene rings is 2. The Morgan fingerprint density at radius 3 is 2.33 bits per heavy atom. The van der Waals surface area contributed by atoms with Gasteiger partial charge in [0.05, 0.1) is 5.52 Å². The molecule has 0 N–H and O–H groups in total. The van der Waals surface area contributed by atoms with Crippen LogP contribution in [0.4, 0.5) is 0 Å². The van der Waals surface area contributed by atoms with Gasteiger partial charge in [-0.05, 0) is 11.5 Å². The van der Waals surface area contributed by atoms with Crippen LogP contribution in [-0.4, -0.2) is 4.98 Å².